The quantitative estimate of drug-likeness (QED) is 0.881. The Labute approximate surface area is 120 Å². The number of benzene rings is 1. The van der Waals surface area contributed by atoms with Crippen molar-refractivity contribution in [3.8, 4) is 5.75 Å². The fraction of sp³-hybridized carbons (Fsp3) is 0.0769. The molecule has 0 atom stereocenters. The van der Waals surface area contributed by atoms with E-state index in [-0.39, 0.29) is 17.4 Å². The summed E-state index contributed by atoms with van der Waals surface area (Å²) in [7, 11) is 0. The van der Waals surface area contributed by atoms with Gasteiger partial charge in [0.15, 0.2) is 0 Å². The average molecular weight is 297 g/mol. The smallest absolute Gasteiger partial charge is 0.139 e. The molecule has 19 heavy (non-hydrogen) atoms. The third-order valence-electron chi connectivity index (χ3n) is 2.40. The highest BCUT2D eigenvalue weighted by Crippen LogP contribution is 2.18. The molecule has 0 spiro atoms. The van der Waals surface area contributed by atoms with E-state index >= 15 is 0 Å². The van der Waals surface area contributed by atoms with Gasteiger partial charge in [-0.1, -0.05) is 23.8 Å². The van der Waals surface area contributed by atoms with Crippen molar-refractivity contribution < 1.29 is 9.13 Å². The first-order valence-corrected chi connectivity index (χ1v) is 6.16. The molecule has 0 aliphatic heterocycles. The number of pyridine rings is 1. The molecule has 0 aliphatic carbocycles. The number of nitrogens with zero attached hydrogens (tertiary/aromatic N) is 1. The van der Waals surface area contributed by atoms with Gasteiger partial charge in [0.25, 0.3) is 0 Å². The average Bonchev–Trinajstić information content (AvgIpc) is 2.37. The number of aromatic nitrogens is 1. The van der Waals surface area contributed by atoms with Crippen molar-refractivity contribution in [3.63, 3.8) is 0 Å². The molecule has 98 valence electrons. The Bertz CT molecular complexity index is 621. The summed E-state index contributed by atoms with van der Waals surface area (Å²) in [6.07, 6.45) is 2.99. The Kier molecular flexibility index (Phi) is 4.29. The van der Waals surface area contributed by atoms with Gasteiger partial charge in [-0.05, 0) is 18.2 Å². The summed E-state index contributed by atoms with van der Waals surface area (Å²) >= 11 is 10.6. The summed E-state index contributed by atoms with van der Waals surface area (Å²) < 4.78 is 19.0. The standard InChI is InChI=1S/C13H10ClFN2OS/c14-10-4-11(6-17-5-10)18-7-9-3-8(13(16)19)1-2-12(9)15/h1-6H,7H2,(H2,16,19). The second-order valence-corrected chi connectivity index (χ2v) is 4.67. The molecule has 0 unspecified atom stereocenters. The van der Waals surface area contributed by atoms with Crippen molar-refractivity contribution in [1.82, 2.24) is 4.98 Å². The summed E-state index contributed by atoms with van der Waals surface area (Å²) in [5.74, 6) is 0.0858. The van der Waals surface area contributed by atoms with Gasteiger partial charge in [0, 0.05) is 23.4 Å². The Morgan fingerprint density at radius 2 is 2.16 bits per heavy atom. The van der Waals surface area contributed by atoms with E-state index in [0.29, 0.717) is 21.9 Å². The first kappa shape index (κ1) is 13.7. The number of ether oxygens (including phenoxy) is 1. The van der Waals surface area contributed by atoms with Crippen LogP contribution < -0.4 is 10.5 Å². The summed E-state index contributed by atoms with van der Waals surface area (Å²) in [4.78, 5) is 4.09. The van der Waals surface area contributed by atoms with Crippen LogP contribution in [0.1, 0.15) is 11.1 Å². The second-order valence-electron chi connectivity index (χ2n) is 3.80. The van der Waals surface area contributed by atoms with Gasteiger partial charge in [0.1, 0.15) is 23.2 Å². The van der Waals surface area contributed by atoms with Crippen LogP contribution in [0.15, 0.2) is 36.7 Å². The van der Waals surface area contributed by atoms with Crippen LogP contribution in [0.25, 0.3) is 0 Å². The Morgan fingerprint density at radius 3 is 2.84 bits per heavy atom. The predicted octanol–water partition coefficient (Wildman–Crippen LogP) is 3.09. The van der Waals surface area contributed by atoms with Crippen LogP contribution in [0.4, 0.5) is 4.39 Å². The van der Waals surface area contributed by atoms with E-state index in [0.717, 1.165) is 0 Å². The van der Waals surface area contributed by atoms with Gasteiger partial charge in [-0.2, -0.15) is 0 Å². The molecular formula is C13H10ClFN2OS. The molecule has 6 heteroatoms. The van der Waals surface area contributed by atoms with Crippen molar-refractivity contribution in [1.29, 1.82) is 0 Å². The number of hydrogen-bond donors (Lipinski definition) is 1. The van der Waals surface area contributed by atoms with Crippen LogP contribution in [0.2, 0.25) is 5.02 Å². The first-order valence-electron chi connectivity index (χ1n) is 5.38. The normalized spacial score (nSPS) is 10.2. The van der Waals surface area contributed by atoms with E-state index in [1.54, 1.807) is 12.1 Å². The van der Waals surface area contributed by atoms with E-state index in [1.165, 1.54) is 24.5 Å². The lowest BCUT2D eigenvalue weighted by Crippen LogP contribution is -2.10. The van der Waals surface area contributed by atoms with Crippen molar-refractivity contribution >= 4 is 28.8 Å². The van der Waals surface area contributed by atoms with Crippen molar-refractivity contribution in [2.45, 2.75) is 6.61 Å². The van der Waals surface area contributed by atoms with Crippen LogP contribution in [-0.2, 0) is 6.61 Å². The zero-order valence-corrected chi connectivity index (χ0v) is 11.3. The van der Waals surface area contributed by atoms with Gasteiger partial charge in [-0.25, -0.2) is 4.39 Å². The summed E-state index contributed by atoms with van der Waals surface area (Å²) in [5.41, 5.74) is 6.46. The number of thiocarbonyl (C=S) groups is 1. The lowest BCUT2D eigenvalue weighted by Gasteiger charge is -2.08. The van der Waals surface area contributed by atoms with Gasteiger partial charge >= 0.3 is 0 Å². The molecule has 0 aliphatic rings. The molecule has 1 aromatic carbocycles. The lowest BCUT2D eigenvalue weighted by atomic mass is 10.1. The minimum Gasteiger partial charge on any atom is -0.487 e. The SMILES string of the molecule is NC(=S)c1ccc(F)c(COc2cncc(Cl)c2)c1. The Hall–Kier alpha value is -1.72. The van der Waals surface area contributed by atoms with Gasteiger partial charge in [0.05, 0.1) is 11.2 Å². The van der Waals surface area contributed by atoms with E-state index in [1.807, 2.05) is 0 Å². The maximum absolute atomic E-state index is 13.6. The minimum absolute atomic E-state index is 0.0459. The topological polar surface area (TPSA) is 48.1 Å². The van der Waals surface area contributed by atoms with Crippen molar-refractivity contribution in [2.24, 2.45) is 5.73 Å². The highest BCUT2D eigenvalue weighted by atomic mass is 35.5. The fourth-order valence-corrected chi connectivity index (χ4v) is 1.76. The molecule has 0 saturated carbocycles. The van der Waals surface area contributed by atoms with E-state index < -0.39 is 0 Å². The zero-order valence-electron chi connectivity index (χ0n) is 9.77. The van der Waals surface area contributed by atoms with E-state index in [9.17, 15) is 4.39 Å². The maximum atomic E-state index is 13.6. The monoisotopic (exact) mass is 296 g/mol. The minimum atomic E-state index is -0.380. The Morgan fingerprint density at radius 1 is 1.37 bits per heavy atom. The molecule has 1 aromatic heterocycles. The van der Waals surface area contributed by atoms with Gasteiger partial charge in [0.2, 0.25) is 0 Å². The van der Waals surface area contributed by atoms with Crippen LogP contribution in [0, 0.1) is 5.82 Å². The highest BCUT2D eigenvalue weighted by Gasteiger charge is 2.06. The molecule has 1 heterocycles. The number of nitrogens with two attached hydrogens (primary N) is 1. The van der Waals surface area contributed by atoms with Gasteiger partial charge < -0.3 is 10.5 Å². The highest BCUT2D eigenvalue weighted by molar-refractivity contribution is 7.80. The second kappa shape index (κ2) is 5.95. The summed E-state index contributed by atoms with van der Waals surface area (Å²) in [5, 5.41) is 0.454. The van der Waals surface area contributed by atoms with Crippen LogP contribution in [0.5, 0.6) is 5.75 Å². The summed E-state index contributed by atoms with van der Waals surface area (Å²) in [6, 6.07) is 6.00. The van der Waals surface area contributed by atoms with Crippen LogP contribution in [-0.4, -0.2) is 9.97 Å². The lowest BCUT2D eigenvalue weighted by molar-refractivity contribution is 0.298. The third kappa shape index (κ3) is 3.62. The predicted molar refractivity (Wildman–Crippen MR) is 75.9 cm³/mol. The van der Waals surface area contributed by atoms with Crippen molar-refractivity contribution in [2.75, 3.05) is 0 Å². The molecule has 0 amide bonds. The molecular weight excluding hydrogens is 287 g/mol. The number of rotatable bonds is 4. The van der Waals surface area contributed by atoms with Gasteiger partial charge in [-0.3, -0.25) is 4.98 Å². The molecule has 0 fully saturated rings. The van der Waals surface area contributed by atoms with Gasteiger partial charge in [-0.15, -0.1) is 0 Å². The molecule has 3 nitrogen and oxygen atoms in total. The van der Waals surface area contributed by atoms with Crippen molar-refractivity contribution in [3.05, 3.63) is 58.6 Å². The molecule has 2 rings (SSSR count). The molecule has 2 N–H and O–H groups in total. The van der Waals surface area contributed by atoms with E-state index in [2.05, 4.69) is 4.98 Å². The van der Waals surface area contributed by atoms with Crippen LogP contribution >= 0.6 is 23.8 Å². The first-order chi connectivity index (χ1) is 9.06. The molecule has 0 radical (unpaired) electrons. The number of halogens is 2. The number of hydrogen-bond acceptors (Lipinski definition) is 3. The molecule has 0 bridgehead atoms. The van der Waals surface area contributed by atoms with E-state index in [4.69, 9.17) is 34.3 Å². The largest absolute Gasteiger partial charge is 0.487 e. The third-order valence-corrected chi connectivity index (χ3v) is 2.85. The summed E-state index contributed by atoms with van der Waals surface area (Å²) in [6.45, 7) is 0.0459. The van der Waals surface area contributed by atoms with Crippen LogP contribution in [0.3, 0.4) is 0 Å². The molecule has 0 saturated heterocycles. The fourth-order valence-electron chi connectivity index (χ4n) is 1.47. The molecule has 2 aromatic rings. The maximum Gasteiger partial charge on any atom is 0.139 e. The Balaban J connectivity index is 2.15. The zero-order chi connectivity index (χ0) is 13.8.